The van der Waals surface area contributed by atoms with Gasteiger partial charge >= 0.3 is 0 Å². The fourth-order valence-corrected chi connectivity index (χ4v) is 3.29. The Kier molecular flexibility index (Phi) is 4.60. The average molecular weight is 310 g/mol. The van der Waals surface area contributed by atoms with Gasteiger partial charge in [0.1, 0.15) is 5.69 Å². The molecule has 0 aliphatic heterocycles. The Morgan fingerprint density at radius 1 is 1.09 bits per heavy atom. The van der Waals surface area contributed by atoms with Gasteiger partial charge in [-0.1, -0.05) is 30.3 Å². The number of aromatic amines is 1. The number of hydrogen-bond acceptors (Lipinski definition) is 2. The Balaban J connectivity index is 1.54. The molecular formula is C19H22N2O2. The van der Waals surface area contributed by atoms with Gasteiger partial charge in [-0.3, -0.25) is 9.59 Å². The highest BCUT2D eigenvalue weighted by Gasteiger charge is 2.24. The molecule has 1 amide bonds. The molecule has 4 heteroatoms. The molecule has 1 aliphatic carbocycles. The molecule has 1 aliphatic rings. The summed E-state index contributed by atoms with van der Waals surface area (Å²) in [5, 5.41) is 3.08. The predicted octanol–water partition coefficient (Wildman–Crippen LogP) is 3.67. The van der Waals surface area contributed by atoms with Crippen molar-refractivity contribution in [1.29, 1.82) is 0 Å². The summed E-state index contributed by atoms with van der Waals surface area (Å²) >= 11 is 0. The number of amides is 1. The number of Topliss-reactive ketones (excluding diaryl/α,β-unsaturated/α-hetero) is 1. The maximum Gasteiger partial charge on any atom is 0.267 e. The van der Waals surface area contributed by atoms with Crippen molar-refractivity contribution in [3.8, 4) is 0 Å². The standard InChI is InChI=1S/C19H22N2O2/c1-13(22)16-11-18(20-12-16)19(23)21-17-9-7-15(8-10-17)14-5-3-2-4-6-14/h2-6,11-12,15,17,20H,7-10H2,1H3,(H,21,23). The number of aromatic nitrogens is 1. The molecule has 2 N–H and O–H groups in total. The molecule has 0 bridgehead atoms. The molecule has 1 aromatic heterocycles. The minimum atomic E-state index is -0.124. The van der Waals surface area contributed by atoms with Gasteiger partial charge in [-0.25, -0.2) is 0 Å². The quantitative estimate of drug-likeness (QED) is 0.846. The number of hydrogen-bond donors (Lipinski definition) is 2. The van der Waals surface area contributed by atoms with Crippen LogP contribution in [0.3, 0.4) is 0 Å². The summed E-state index contributed by atoms with van der Waals surface area (Å²) in [5.74, 6) is 0.434. The molecule has 0 unspecified atom stereocenters. The van der Waals surface area contributed by atoms with Gasteiger partial charge in [0.05, 0.1) is 0 Å². The van der Waals surface area contributed by atoms with Gasteiger partial charge in [-0.05, 0) is 50.2 Å². The molecule has 1 aromatic carbocycles. The number of nitrogens with one attached hydrogen (secondary N) is 2. The van der Waals surface area contributed by atoms with Crippen LogP contribution in [0.25, 0.3) is 0 Å². The van der Waals surface area contributed by atoms with Crippen LogP contribution in [-0.4, -0.2) is 22.7 Å². The molecule has 0 saturated heterocycles. The maximum absolute atomic E-state index is 12.2. The van der Waals surface area contributed by atoms with Crippen LogP contribution in [0.1, 0.15) is 64.9 Å². The normalized spacial score (nSPS) is 20.9. The second kappa shape index (κ2) is 6.82. The van der Waals surface area contributed by atoms with Gasteiger partial charge in [0.15, 0.2) is 5.78 Å². The Bertz CT molecular complexity index is 682. The third-order valence-electron chi connectivity index (χ3n) is 4.67. The first kappa shape index (κ1) is 15.5. The molecule has 1 heterocycles. The van der Waals surface area contributed by atoms with E-state index in [0.29, 0.717) is 17.2 Å². The second-order valence-corrected chi connectivity index (χ2v) is 6.29. The van der Waals surface area contributed by atoms with E-state index >= 15 is 0 Å². The first-order valence-electron chi connectivity index (χ1n) is 8.18. The molecular weight excluding hydrogens is 288 g/mol. The van der Waals surface area contributed by atoms with E-state index in [1.807, 2.05) is 6.07 Å². The number of carbonyl (C=O) groups is 2. The molecule has 23 heavy (non-hydrogen) atoms. The summed E-state index contributed by atoms with van der Waals surface area (Å²) < 4.78 is 0. The third-order valence-corrected chi connectivity index (χ3v) is 4.67. The largest absolute Gasteiger partial charge is 0.356 e. The lowest BCUT2D eigenvalue weighted by Crippen LogP contribution is -2.37. The van der Waals surface area contributed by atoms with Crippen molar-refractivity contribution in [3.63, 3.8) is 0 Å². The highest BCUT2D eigenvalue weighted by Crippen LogP contribution is 2.32. The van der Waals surface area contributed by atoms with Crippen LogP contribution in [0.4, 0.5) is 0 Å². The maximum atomic E-state index is 12.2. The van der Waals surface area contributed by atoms with Crippen molar-refractivity contribution in [2.24, 2.45) is 0 Å². The number of H-pyrrole nitrogens is 1. The van der Waals surface area contributed by atoms with Crippen LogP contribution in [0.15, 0.2) is 42.6 Å². The van der Waals surface area contributed by atoms with Gasteiger partial charge in [-0.2, -0.15) is 0 Å². The number of rotatable bonds is 4. The second-order valence-electron chi connectivity index (χ2n) is 6.29. The van der Waals surface area contributed by atoms with Gasteiger partial charge in [0.2, 0.25) is 0 Å². The zero-order valence-electron chi connectivity index (χ0n) is 13.3. The minimum absolute atomic E-state index is 0.0383. The van der Waals surface area contributed by atoms with Gasteiger partial charge < -0.3 is 10.3 Å². The van der Waals surface area contributed by atoms with Crippen molar-refractivity contribution in [3.05, 3.63) is 59.4 Å². The zero-order chi connectivity index (χ0) is 16.2. The van der Waals surface area contributed by atoms with E-state index in [2.05, 4.69) is 34.6 Å². The van der Waals surface area contributed by atoms with Crippen molar-refractivity contribution < 1.29 is 9.59 Å². The SMILES string of the molecule is CC(=O)c1c[nH]c(C(=O)NC2CCC(c3ccccc3)CC2)c1. The molecule has 0 radical (unpaired) electrons. The number of benzene rings is 1. The van der Waals surface area contributed by atoms with Crippen LogP contribution in [0.2, 0.25) is 0 Å². The fraction of sp³-hybridized carbons (Fsp3) is 0.368. The van der Waals surface area contributed by atoms with E-state index in [-0.39, 0.29) is 17.7 Å². The van der Waals surface area contributed by atoms with E-state index in [9.17, 15) is 9.59 Å². The summed E-state index contributed by atoms with van der Waals surface area (Å²) in [5.41, 5.74) is 2.40. The third kappa shape index (κ3) is 3.70. The van der Waals surface area contributed by atoms with Gasteiger partial charge in [0, 0.05) is 17.8 Å². The molecule has 0 atom stereocenters. The lowest BCUT2D eigenvalue weighted by Gasteiger charge is -2.29. The van der Waals surface area contributed by atoms with Crippen molar-refractivity contribution in [2.45, 2.75) is 44.6 Å². The van der Waals surface area contributed by atoms with Gasteiger partial charge in [0.25, 0.3) is 5.91 Å². The van der Waals surface area contributed by atoms with Crippen LogP contribution < -0.4 is 5.32 Å². The average Bonchev–Trinajstić information content (AvgIpc) is 3.07. The summed E-state index contributed by atoms with van der Waals surface area (Å²) in [6, 6.07) is 12.4. The molecule has 120 valence electrons. The first-order valence-corrected chi connectivity index (χ1v) is 8.18. The number of ketones is 1. The molecule has 1 fully saturated rings. The molecule has 3 rings (SSSR count). The highest BCUT2D eigenvalue weighted by molar-refractivity contribution is 5.99. The van der Waals surface area contributed by atoms with Crippen molar-refractivity contribution in [1.82, 2.24) is 10.3 Å². The lowest BCUT2D eigenvalue weighted by atomic mass is 9.82. The topological polar surface area (TPSA) is 62.0 Å². The van der Waals surface area contributed by atoms with Crippen molar-refractivity contribution >= 4 is 11.7 Å². The number of carbonyl (C=O) groups excluding carboxylic acids is 2. The van der Waals surface area contributed by atoms with E-state index in [1.54, 1.807) is 12.3 Å². The van der Waals surface area contributed by atoms with Crippen LogP contribution >= 0.6 is 0 Å². The molecule has 4 nitrogen and oxygen atoms in total. The van der Waals surface area contributed by atoms with Crippen LogP contribution in [0, 0.1) is 0 Å². The highest BCUT2D eigenvalue weighted by atomic mass is 16.2. The van der Waals surface area contributed by atoms with E-state index in [1.165, 1.54) is 12.5 Å². The van der Waals surface area contributed by atoms with E-state index in [4.69, 9.17) is 0 Å². The minimum Gasteiger partial charge on any atom is -0.356 e. The lowest BCUT2D eigenvalue weighted by molar-refractivity contribution is 0.0921. The summed E-state index contributed by atoms with van der Waals surface area (Å²) in [4.78, 5) is 26.4. The van der Waals surface area contributed by atoms with Crippen LogP contribution in [0.5, 0.6) is 0 Å². The molecule has 2 aromatic rings. The Morgan fingerprint density at radius 2 is 1.78 bits per heavy atom. The molecule has 1 saturated carbocycles. The fourth-order valence-electron chi connectivity index (χ4n) is 3.29. The predicted molar refractivity (Wildman–Crippen MR) is 89.7 cm³/mol. The Morgan fingerprint density at radius 3 is 2.39 bits per heavy atom. The monoisotopic (exact) mass is 310 g/mol. The zero-order valence-corrected chi connectivity index (χ0v) is 13.3. The van der Waals surface area contributed by atoms with Crippen LogP contribution in [-0.2, 0) is 0 Å². The first-order chi connectivity index (χ1) is 11.1. The summed E-state index contributed by atoms with van der Waals surface area (Å²) in [6.45, 7) is 1.50. The van der Waals surface area contributed by atoms with E-state index < -0.39 is 0 Å². The summed E-state index contributed by atoms with van der Waals surface area (Å²) in [7, 11) is 0. The summed E-state index contributed by atoms with van der Waals surface area (Å²) in [6.07, 6.45) is 5.76. The Hall–Kier alpha value is -2.36. The van der Waals surface area contributed by atoms with Crippen molar-refractivity contribution in [2.75, 3.05) is 0 Å². The smallest absolute Gasteiger partial charge is 0.267 e. The Labute approximate surface area is 136 Å². The molecule has 0 spiro atoms. The van der Waals surface area contributed by atoms with Gasteiger partial charge in [-0.15, -0.1) is 0 Å². The van der Waals surface area contributed by atoms with E-state index in [0.717, 1.165) is 25.7 Å².